The van der Waals surface area contributed by atoms with Gasteiger partial charge in [-0.05, 0) is 19.4 Å². The highest BCUT2D eigenvalue weighted by Crippen LogP contribution is 2.23. The molecule has 0 aliphatic rings. The summed E-state index contributed by atoms with van der Waals surface area (Å²) >= 11 is 0. The zero-order valence-corrected chi connectivity index (χ0v) is 10.7. The van der Waals surface area contributed by atoms with E-state index in [0.717, 1.165) is 5.84 Å². The zero-order chi connectivity index (χ0) is 12.7. The summed E-state index contributed by atoms with van der Waals surface area (Å²) in [4.78, 5) is 4.44. The SMILES string of the molecule is COCCN=C(NN)C(C)(C)c1ccccc1. The van der Waals surface area contributed by atoms with Crippen LogP contribution in [0.4, 0.5) is 0 Å². The van der Waals surface area contributed by atoms with E-state index in [-0.39, 0.29) is 5.41 Å². The highest BCUT2D eigenvalue weighted by molar-refractivity contribution is 5.91. The predicted octanol–water partition coefficient (Wildman–Crippen LogP) is 1.47. The molecule has 17 heavy (non-hydrogen) atoms. The zero-order valence-electron chi connectivity index (χ0n) is 10.7. The Bertz CT molecular complexity index is 360. The second kappa shape index (κ2) is 6.37. The Morgan fingerprint density at radius 3 is 2.53 bits per heavy atom. The number of methoxy groups -OCH3 is 1. The first kappa shape index (κ1) is 13.7. The van der Waals surface area contributed by atoms with Crippen molar-refractivity contribution in [2.45, 2.75) is 19.3 Å². The fraction of sp³-hybridized carbons (Fsp3) is 0.462. The van der Waals surface area contributed by atoms with E-state index in [0.29, 0.717) is 13.2 Å². The Hall–Kier alpha value is -1.39. The van der Waals surface area contributed by atoms with Crippen LogP contribution in [0.15, 0.2) is 35.3 Å². The summed E-state index contributed by atoms with van der Waals surface area (Å²) in [6.07, 6.45) is 0. The van der Waals surface area contributed by atoms with Crippen LogP contribution in [0, 0.1) is 0 Å². The van der Waals surface area contributed by atoms with Crippen LogP contribution in [0.25, 0.3) is 0 Å². The lowest BCUT2D eigenvalue weighted by Crippen LogP contribution is -2.44. The Balaban J connectivity index is 2.90. The second-order valence-corrected chi connectivity index (χ2v) is 4.36. The van der Waals surface area contributed by atoms with Crippen molar-refractivity contribution >= 4 is 5.84 Å². The van der Waals surface area contributed by atoms with E-state index in [9.17, 15) is 0 Å². The molecular formula is C13H21N3O. The Morgan fingerprint density at radius 1 is 1.35 bits per heavy atom. The first-order chi connectivity index (χ1) is 8.12. The van der Waals surface area contributed by atoms with E-state index >= 15 is 0 Å². The van der Waals surface area contributed by atoms with E-state index in [1.54, 1.807) is 7.11 Å². The van der Waals surface area contributed by atoms with Gasteiger partial charge in [-0.15, -0.1) is 0 Å². The minimum Gasteiger partial charge on any atom is -0.383 e. The van der Waals surface area contributed by atoms with Crippen molar-refractivity contribution in [1.82, 2.24) is 5.43 Å². The molecule has 4 heteroatoms. The quantitative estimate of drug-likeness (QED) is 0.267. The molecule has 0 saturated heterocycles. The smallest absolute Gasteiger partial charge is 0.121 e. The number of rotatable bonds is 5. The molecule has 0 radical (unpaired) electrons. The van der Waals surface area contributed by atoms with Crippen LogP contribution in [0.1, 0.15) is 19.4 Å². The standard InChI is InChI=1S/C13H21N3O/c1-13(2,11-7-5-4-6-8-11)12(16-14)15-9-10-17-3/h4-8H,9-10,14H2,1-3H3,(H,15,16). The minimum absolute atomic E-state index is 0.232. The molecule has 0 atom stereocenters. The van der Waals surface area contributed by atoms with Gasteiger partial charge in [-0.2, -0.15) is 0 Å². The van der Waals surface area contributed by atoms with Gasteiger partial charge in [0.25, 0.3) is 0 Å². The number of benzene rings is 1. The second-order valence-electron chi connectivity index (χ2n) is 4.36. The lowest BCUT2D eigenvalue weighted by molar-refractivity contribution is 0.207. The van der Waals surface area contributed by atoms with Crippen molar-refractivity contribution in [1.29, 1.82) is 0 Å². The Morgan fingerprint density at radius 2 is 2.00 bits per heavy atom. The minimum atomic E-state index is -0.232. The fourth-order valence-corrected chi connectivity index (χ4v) is 1.66. The topological polar surface area (TPSA) is 59.6 Å². The number of hydrogen-bond donors (Lipinski definition) is 2. The number of amidine groups is 1. The third-order valence-corrected chi connectivity index (χ3v) is 2.79. The lowest BCUT2D eigenvalue weighted by atomic mass is 9.83. The van der Waals surface area contributed by atoms with Crippen LogP contribution in [0.3, 0.4) is 0 Å². The van der Waals surface area contributed by atoms with Crippen LogP contribution >= 0.6 is 0 Å². The maximum absolute atomic E-state index is 5.56. The molecular weight excluding hydrogens is 214 g/mol. The largest absolute Gasteiger partial charge is 0.383 e. The number of aliphatic imine (C=N–C) groups is 1. The van der Waals surface area contributed by atoms with Gasteiger partial charge < -0.3 is 10.2 Å². The maximum Gasteiger partial charge on any atom is 0.121 e. The van der Waals surface area contributed by atoms with Crippen molar-refractivity contribution in [3.05, 3.63) is 35.9 Å². The summed E-state index contributed by atoms with van der Waals surface area (Å²) in [6, 6.07) is 10.2. The van der Waals surface area contributed by atoms with Crippen molar-refractivity contribution in [3.8, 4) is 0 Å². The summed E-state index contributed by atoms with van der Waals surface area (Å²) in [7, 11) is 1.66. The highest BCUT2D eigenvalue weighted by Gasteiger charge is 2.26. The normalized spacial score (nSPS) is 12.6. The molecule has 1 aromatic carbocycles. The van der Waals surface area contributed by atoms with Crippen molar-refractivity contribution in [2.75, 3.05) is 20.3 Å². The van der Waals surface area contributed by atoms with Crippen molar-refractivity contribution < 1.29 is 4.74 Å². The highest BCUT2D eigenvalue weighted by atomic mass is 16.5. The van der Waals surface area contributed by atoms with Gasteiger partial charge in [-0.1, -0.05) is 30.3 Å². The summed E-state index contributed by atoms with van der Waals surface area (Å²) < 4.78 is 4.98. The van der Waals surface area contributed by atoms with Gasteiger partial charge in [0.1, 0.15) is 5.84 Å². The summed E-state index contributed by atoms with van der Waals surface area (Å²) in [6.45, 7) is 5.38. The van der Waals surface area contributed by atoms with Gasteiger partial charge in [-0.3, -0.25) is 4.99 Å². The first-order valence-electron chi connectivity index (χ1n) is 5.69. The van der Waals surface area contributed by atoms with E-state index < -0.39 is 0 Å². The van der Waals surface area contributed by atoms with Crippen LogP contribution in [-0.4, -0.2) is 26.1 Å². The predicted molar refractivity (Wildman–Crippen MR) is 71.0 cm³/mol. The van der Waals surface area contributed by atoms with Gasteiger partial charge in [0, 0.05) is 12.5 Å². The molecule has 0 amide bonds. The molecule has 1 rings (SSSR count). The fourth-order valence-electron chi connectivity index (χ4n) is 1.66. The summed E-state index contributed by atoms with van der Waals surface area (Å²) in [5, 5.41) is 0. The van der Waals surface area contributed by atoms with E-state index in [1.165, 1.54) is 5.56 Å². The van der Waals surface area contributed by atoms with Gasteiger partial charge in [0.2, 0.25) is 0 Å². The van der Waals surface area contributed by atoms with Crippen LogP contribution < -0.4 is 11.3 Å². The number of nitrogens with one attached hydrogen (secondary N) is 1. The molecule has 1 aromatic rings. The van der Waals surface area contributed by atoms with Crippen LogP contribution in [0.5, 0.6) is 0 Å². The summed E-state index contributed by atoms with van der Waals surface area (Å²) in [5.74, 6) is 6.32. The number of nitrogens with zero attached hydrogens (tertiary/aromatic N) is 1. The molecule has 94 valence electrons. The number of hydrogen-bond acceptors (Lipinski definition) is 3. The number of hydrazine groups is 1. The third kappa shape index (κ3) is 3.54. The average Bonchev–Trinajstić information content (AvgIpc) is 2.35. The molecule has 0 fully saturated rings. The molecule has 0 unspecified atom stereocenters. The number of nitrogens with two attached hydrogens (primary N) is 1. The molecule has 4 nitrogen and oxygen atoms in total. The monoisotopic (exact) mass is 235 g/mol. The van der Waals surface area contributed by atoms with Gasteiger partial charge in [0.05, 0.1) is 13.2 Å². The van der Waals surface area contributed by atoms with E-state index in [2.05, 4.69) is 36.4 Å². The maximum atomic E-state index is 5.56. The molecule has 0 aliphatic carbocycles. The Labute approximate surface area is 103 Å². The molecule has 0 spiro atoms. The first-order valence-corrected chi connectivity index (χ1v) is 5.69. The van der Waals surface area contributed by atoms with Gasteiger partial charge in [-0.25, -0.2) is 5.84 Å². The molecule has 0 aromatic heterocycles. The Kier molecular flexibility index (Phi) is 5.12. The van der Waals surface area contributed by atoms with Gasteiger partial charge in [0.15, 0.2) is 0 Å². The molecule has 0 heterocycles. The van der Waals surface area contributed by atoms with Crippen molar-refractivity contribution in [3.63, 3.8) is 0 Å². The third-order valence-electron chi connectivity index (χ3n) is 2.79. The van der Waals surface area contributed by atoms with Crippen LogP contribution in [0.2, 0.25) is 0 Å². The summed E-state index contributed by atoms with van der Waals surface area (Å²) in [5.41, 5.74) is 3.64. The lowest BCUT2D eigenvalue weighted by Gasteiger charge is -2.27. The average molecular weight is 235 g/mol. The molecule has 0 saturated carbocycles. The van der Waals surface area contributed by atoms with Crippen LogP contribution in [-0.2, 0) is 10.2 Å². The van der Waals surface area contributed by atoms with E-state index in [1.807, 2.05) is 18.2 Å². The number of ether oxygens (including phenoxy) is 1. The van der Waals surface area contributed by atoms with Gasteiger partial charge >= 0.3 is 0 Å². The van der Waals surface area contributed by atoms with E-state index in [4.69, 9.17) is 10.6 Å². The molecule has 3 N–H and O–H groups in total. The molecule has 0 aliphatic heterocycles. The molecule has 0 bridgehead atoms. The van der Waals surface area contributed by atoms with Crippen molar-refractivity contribution in [2.24, 2.45) is 10.8 Å².